The van der Waals surface area contributed by atoms with Gasteiger partial charge in [-0.1, -0.05) is 15.9 Å². The van der Waals surface area contributed by atoms with Gasteiger partial charge in [0.15, 0.2) is 9.84 Å². The number of benzene rings is 1. The molecule has 0 bridgehead atoms. The fraction of sp³-hybridized carbons (Fsp3) is 0.333. The second-order valence-corrected chi connectivity index (χ2v) is 7.88. The standard InChI is InChI=1S/C12H13BrN2O3S/c1-8(19(2,17)18)7-15-12(16)11-4-3-10(13)5-9(11)6-14-15/h3-6,8H,7H2,1-2H3. The summed E-state index contributed by atoms with van der Waals surface area (Å²) in [4.78, 5) is 12.2. The van der Waals surface area contributed by atoms with Gasteiger partial charge < -0.3 is 0 Å². The lowest BCUT2D eigenvalue weighted by Gasteiger charge is -2.11. The maximum atomic E-state index is 12.2. The van der Waals surface area contributed by atoms with Crippen molar-refractivity contribution in [3.8, 4) is 0 Å². The lowest BCUT2D eigenvalue weighted by molar-refractivity contribution is 0.540. The van der Waals surface area contributed by atoms with E-state index in [2.05, 4.69) is 21.0 Å². The summed E-state index contributed by atoms with van der Waals surface area (Å²) in [6, 6.07) is 5.27. The van der Waals surface area contributed by atoms with Crippen molar-refractivity contribution in [3.05, 3.63) is 39.2 Å². The van der Waals surface area contributed by atoms with Crippen LogP contribution in [-0.4, -0.2) is 29.7 Å². The molecule has 1 aromatic carbocycles. The average Bonchev–Trinajstić information content (AvgIpc) is 2.31. The molecule has 1 unspecified atom stereocenters. The summed E-state index contributed by atoms with van der Waals surface area (Å²) in [5.74, 6) is 0. The molecule has 7 heteroatoms. The van der Waals surface area contributed by atoms with Gasteiger partial charge in [-0.15, -0.1) is 0 Å². The van der Waals surface area contributed by atoms with Gasteiger partial charge >= 0.3 is 0 Å². The molecule has 0 saturated carbocycles. The largest absolute Gasteiger partial charge is 0.274 e. The number of aromatic nitrogens is 2. The van der Waals surface area contributed by atoms with Gasteiger partial charge in [0.2, 0.25) is 0 Å². The number of hydrogen-bond donors (Lipinski definition) is 0. The zero-order chi connectivity index (χ0) is 14.2. The lowest BCUT2D eigenvalue weighted by Crippen LogP contribution is -2.31. The smallest absolute Gasteiger partial charge is 0.267 e. The van der Waals surface area contributed by atoms with Crippen molar-refractivity contribution < 1.29 is 8.42 Å². The molecule has 0 radical (unpaired) electrons. The zero-order valence-electron chi connectivity index (χ0n) is 10.5. The Morgan fingerprint density at radius 1 is 1.42 bits per heavy atom. The SMILES string of the molecule is CC(Cn1ncc2cc(Br)ccc2c1=O)S(C)(=O)=O. The molecule has 0 amide bonds. The van der Waals surface area contributed by atoms with E-state index in [4.69, 9.17) is 0 Å². The predicted molar refractivity (Wildman–Crippen MR) is 78.0 cm³/mol. The molecule has 19 heavy (non-hydrogen) atoms. The van der Waals surface area contributed by atoms with Crippen LogP contribution in [0.25, 0.3) is 10.8 Å². The summed E-state index contributed by atoms with van der Waals surface area (Å²) in [7, 11) is -3.18. The average molecular weight is 345 g/mol. The third kappa shape index (κ3) is 3.03. The molecular weight excluding hydrogens is 332 g/mol. The quantitative estimate of drug-likeness (QED) is 0.847. The number of rotatable bonds is 3. The number of halogens is 1. The molecule has 102 valence electrons. The minimum Gasteiger partial charge on any atom is -0.267 e. The third-order valence-corrected chi connectivity index (χ3v) is 5.08. The van der Waals surface area contributed by atoms with Gasteiger partial charge in [0.1, 0.15) is 0 Å². The number of nitrogens with zero attached hydrogens (tertiary/aromatic N) is 2. The summed E-state index contributed by atoms with van der Waals surface area (Å²) in [5, 5.41) is 4.62. The van der Waals surface area contributed by atoms with Crippen LogP contribution in [0.5, 0.6) is 0 Å². The Labute approximate surface area is 119 Å². The summed E-state index contributed by atoms with van der Waals surface area (Å²) < 4.78 is 24.9. The van der Waals surface area contributed by atoms with Crippen LogP contribution in [0.15, 0.2) is 33.7 Å². The maximum absolute atomic E-state index is 12.2. The van der Waals surface area contributed by atoms with Crippen molar-refractivity contribution in [3.63, 3.8) is 0 Å². The molecule has 1 heterocycles. The van der Waals surface area contributed by atoms with Gasteiger partial charge in [0.05, 0.1) is 23.4 Å². The Morgan fingerprint density at radius 2 is 2.11 bits per heavy atom. The second-order valence-electron chi connectivity index (χ2n) is 4.50. The zero-order valence-corrected chi connectivity index (χ0v) is 12.9. The van der Waals surface area contributed by atoms with Crippen molar-refractivity contribution in [1.82, 2.24) is 9.78 Å². The van der Waals surface area contributed by atoms with E-state index in [0.717, 1.165) is 16.1 Å². The van der Waals surface area contributed by atoms with Gasteiger partial charge in [-0.3, -0.25) is 4.79 Å². The number of hydrogen-bond acceptors (Lipinski definition) is 4. The molecule has 0 N–H and O–H groups in total. The molecule has 0 saturated heterocycles. The van der Waals surface area contributed by atoms with Crippen molar-refractivity contribution in [2.45, 2.75) is 18.7 Å². The molecule has 2 aromatic rings. The van der Waals surface area contributed by atoms with Gasteiger partial charge in [0, 0.05) is 16.1 Å². The summed E-state index contributed by atoms with van der Waals surface area (Å²) in [6.07, 6.45) is 2.72. The molecule has 0 aliphatic carbocycles. The molecule has 0 fully saturated rings. The number of fused-ring (bicyclic) bond motifs is 1. The van der Waals surface area contributed by atoms with E-state index in [1.807, 2.05) is 0 Å². The Balaban J connectivity index is 2.50. The first kappa shape index (κ1) is 14.2. The predicted octanol–water partition coefficient (Wildman–Crippen LogP) is 1.59. The Bertz CT molecular complexity index is 783. The van der Waals surface area contributed by atoms with Gasteiger partial charge in [-0.25, -0.2) is 13.1 Å². The van der Waals surface area contributed by atoms with Gasteiger partial charge in [-0.2, -0.15) is 5.10 Å². The normalized spacial score (nSPS) is 13.6. The van der Waals surface area contributed by atoms with Crippen LogP contribution in [0, 0.1) is 0 Å². The van der Waals surface area contributed by atoms with Crippen LogP contribution >= 0.6 is 15.9 Å². The van der Waals surface area contributed by atoms with Crippen LogP contribution in [-0.2, 0) is 16.4 Å². The van der Waals surface area contributed by atoms with Crippen LogP contribution in [0.1, 0.15) is 6.92 Å². The highest BCUT2D eigenvalue weighted by Gasteiger charge is 2.17. The second kappa shape index (κ2) is 5.05. The van der Waals surface area contributed by atoms with Crippen molar-refractivity contribution >= 4 is 36.5 Å². The molecular formula is C12H13BrN2O3S. The minimum atomic E-state index is -3.18. The highest BCUT2D eigenvalue weighted by Crippen LogP contribution is 2.16. The van der Waals surface area contributed by atoms with Crippen LogP contribution in [0.2, 0.25) is 0 Å². The van der Waals surface area contributed by atoms with Crippen LogP contribution in [0.4, 0.5) is 0 Å². The van der Waals surface area contributed by atoms with Crippen molar-refractivity contribution in [1.29, 1.82) is 0 Å². The first-order valence-electron chi connectivity index (χ1n) is 5.63. The van der Waals surface area contributed by atoms with E-state index in [1.165, 1.54) is 4.68 Å². The first-order valence-corrected chi connectivity index (χ1v) is 8.38. The Hall–Kier alpha value is -1.21. The number of sulfone groups is 1. The minimum absolute atomic E-state index is 0.0592. The maximum Gasteiger partial charge on any atom is 0.274 e. The van der Waals surface area contributed by atoms with E-state index in [-0.39, 0.29) is 12.1 Å². The molecule has 0 spiro atoms. The third-order valence-electron chi connectivity index (χ3n) is 2.98. The lowest BCUT2D eigenvalue weighted by atomic mass is 10.2. The van der Waals surface area contributed by atoms with Gasteiger partial charge in [0.25, 0.3) is 5.56 Å². The van der Waals surface area contributed by atoms with Crippen LogP contribution < -0.4 is 5.56 Å². The first-order chi connectivity index (χ1) is 8.79. The van der Waals surface area contributed by atoms with E-state index in [9.17, 15) is 13.2 Å². The summed E-state index contributed by atoms with van der Waals surface area (Å²) in [5.41, 5.74) is -0.277. The highest BCUT2D eigenvalue weighted by molar-refractivity contribution is 9.10. The molecule has 1 atom stereocenters. The van der Waals surface area contributed by atoms with Crippen molar-refractivity contribution in [2.24, 2.45) is 0 Å². The fourth-order valence-corrected chi connectivity index (χ4v) is 2.46. The Morgan fingerprint density at radius 3 is 2.74 bits per heavy atom. The van der Waals surface area contributed by atoms with E-state index in [1.54, 1.807) is 31.3 Å². The van der Waals surface area contributed by atoms with Crippen LogP contribution in [0.3, 0.4) is 0 Å². The molecule has 0 aliphatic rings. The Kier molecular flexibility index (Phi) is 3.78. The topological polar surface area (TPSA) is 69.0 Å². The summed E-state index contributed by atoms with van der Waals surface area (Å²) >= 11 is 3.33. The molecule has 2 rings (SSSR count). The fourth-order valence-electron chi connectivity index (χ4n) is 1.67. The summed E-state index contributed by atoms with van der Waals surface area (Å²) in [6.45, 7) is 1.62. The highest BCUT2D eigenvalue weighted by atomic mass is 79.9. The van der Waals surface area contributed by atoms with Crippen molar-refractivity contribution in [2.75, 3.05) is 6.26 Å². The monoisotopic (exact) mass is 344 g/mol. The van der Waals surface area contributed by atoms with E-state index >= 15 is 0 Å². The van der Waals surface area contributed by atoms with Gasteiger partial charge in [-0.05, 0) is 25.1 Å². The molecule has 1 aromatic heterocycles. The van der Waals surface area contributed by atoms with E-state index in [0.29, 0.717) is 5.39 Å². The molecule has 5 nitrogen and oxygen atoms in total. The molecule has 0 aliphatic heterocycles. The van der Waals surface area contributed by atoms with E-state index < -0.39 is 15.1 Å².